The molecule has 2 aromatic rings. The first kappa shape index (κ1) is 15.0. The highest BCUT2D eigenvalue weighted by Gasteiger charge is 2.31. The van der Waals surface area contributed by atoms with Crippen LogP contribution in [0.15, 0.2) is 39.9 Å². The monoisotopic (exact) mass is 315 g/mol. The van der Waals surface area contributed by atoms with E-state index in [0.717, 1.165) is 12.1 Å². The van der Waals surface area contributed by atoms with Gasteiger partial charge in [-0.3, -0.25) is 4.79 Å². The van der Waals surface area contributed by atoms with Gasteiger partial charge >= 0.3 is 6.18 Å². The van der Waals surface area contributed by atoms with Crippen molar-refractivity contribution in [3.63, 3.8) is 0 Å². The summed E-state index contributed by atoms with van der Waals surface area (Å²) in [6.07, 6.45) is -4.57. The third-order valence-corrected chi connectivity index (χ3v) is 2.73. The number of benzene rings is 1. The predicted octanol–water partition coefficient (Wildman–Crippen LogP) is 5.29. The minimum Gasteiger partial charge on any atom is -0.452 e. The van der Waals surface area contributed by atoms with Crippen LogP contribution in [-0.2, 0) is 6.18 Å². The molecule has 1 heterocycles. The van der Waals surface area contributed by atoms with Crippen LogP contribution in [0, 0.1) is 0 Å². The van der Waals surface area contributed by atoms with Gasteiger partial charge in [-0.25, -0.2) is 0 Å². The van der Waals surface area contributed by atoms with Gasteiger partial charge in [0.25, 0.3) is 5.24 Å². The number of hydrogen-bond acceptors (Lipinski definition) is 3. The van der Waals surface area contributed by atoms with Crippen molar-refractivity contribution in [1.29, 1.82) is 0 Å². The van der Waals surface area contributed by atoms with Crippen molar-refractivity contribution in [3.8, 4) is 11.3 Å². The third kappa shape index (κ3) is 3.18. The molecule has 0 aliphatic carbocycles. The standard InChI is InChI=1S/C12H5ClF3N3O2/c13-11(20)10-4-3-9(21-10)7-2-1-6(12(14,15)16)5-8(7)18-19-17/h1-5H. The molecule has 0 spiro atoms. The molecule has 1 aromatic heterocycles. The molecular formula is C12H5ClF3N3O2. The smallest absolute Gasteiger partial charge is 0.416 e. The normalized spacial score (nSPS) is 11.0. The van der Waals surface area contributed by atoms with E-state index in [1.807, 2.05) is 0 Å². The Bertz CT molecular complexity index is 748. The molecule has 0 radical (unpaired) electrons. The zero-order valence-corrected chi connectivity index (χ0v) is 10.8. The van der Waals surface area contributed by atoms with Crippen molar-refractivity contribution in [2.75, 3.05) is 0 Å². The van der Waals surface area contributed by atoms with E-state index in [-0.39, 0.29) is 22.8 Å². The van der Waals surface area contributed by atoms with E-state index in [0.29, 0.717) is 6.07 Å². The van der Waals surface area contributed by atoms with E-state index < -0.39 is 17.0 Å². The quantitative estimate of drug-likeness (QED) is 0.334. The molecular weight excluding hydrogens is 311 g/mol. The van der Waals surface area contributed by atoms with Crippen LogP contribution in [0.5, 0.6) is 0 Å². The highest BCUT2D eigenvalue weighted by molar-refractivity contribution is 6.67. The van der Waals surface area contributed by atoms with E-state index in [2.05, 4.69) is 10.0 Å². The molecule has 0 unspecified atom stereocenters. The number of azide groups is 1. The van der Waals surface area contributed by atoms with Crippen LogP contribution >= 0.6 is 11.6 Å². The summed E-state index contributed by atoms with van der Waals surface area (Å²) >= 11 is 5.23. The van der Waals surface area contributed by atoms with Crippen molar-refractivity contribution in [2.45, 2.75) is 6.18 Å². The molecule has 0 bridgehead atoms. The number of carbonyl (C=O) groups excluding carboxylic acids is 1. The minimum absolute atomic E-state index is 0.0649. The highest BCUT2D eigenvalue weighted by atomic mass is 35.5. The molecule has 0 N–H and O–H groups in total. The maximum atomic E-state index is 12.6. The number of furan rings is 1. The second-order valence-corrected chi connectivity index (χ2v) is 4.20. The molecule has 108 valence electrons. The summed E-state index contributed by atoms with van der Waals surface area (Å²) in [4.78, 5) is 13.4. The Hall–Kier alpha value is -2.44. The first-order valence-electron chi connectivity index (χ1n) is 5.39. The lowest BCUT2D eigenvalue weighted by atomic mass is 10.1. The second-order valence-electron chi connectivity index (χ2n) is 3.86. The lowest BCUT2D eigenvalue weighted by Crippen LogP contribution is -2.04. The fraction of sp³-hybridized carbons (Fsp3) is 0.0833. The molecule has 0 aliphatic rings. The van der Waals surface area contributed by atoms with Gasteiger partial charge < -0.3 is 4.42 Å². The molecule has 1 aromatic carbocycles. The van der Waals surface area contributed by atoms with Gasteiger partial charge in [-0.1, -0.05) is 11.2 Å². The first-order valence-corrected chi connectivity index (χ1v) is 5.77. The maximum absolute atomic E-state index is 12.6. The third-order valence-electron chi connectivity index (χ3n) is 2.54. The van der Waals surface area contributed by atoms with Gasteiger partial charge in [-0.05, 0) is 41.4 Å². The number of alkyl halides is 3. The van der Waals surface area contributed by atoms with E-state index in [1.165, 1.54) is 12.1 Å². The van der Waals surface area contributed by atoms with E-state index in [4.69, 9.17) is 21.5 Å². The number of hydrogen-bond donors (Lipinski definition) is 0. The summed E-state index contributed by atoms with van der Waals surface area (Å²) in [5, 5.41) is 2.37. The largest absolute Gasteiger partial charge is 0.452 e. The molecule has 0 saturated carbocycles. The van der Waals surface area contributed by atoms with Crippen LogP contribution in [0.3, 0.4) is 0 Å². The zero-order valence-electron chi connectivity index (χ0n) is 10.1. The van der Waals surface area contributed by atoms with Crippen LogP contribution in [0.2, 0.25) is 0 Å². The van der Waals surface area contributed by atoms with Crippen molar-refractivity contribution in [3.05, 3.63) is 52.1 Å². The Morgan fingerprint density at radius 1 is 1.29 bits per heavy atom. The van der Waals surface area contributed by atoms with Gasteiger partial charge in [0.15, 0.2) is 5.76 Å². The Morgan fingerprint density at radius 2 is 2.00 bits per heavy atom. The van der Waals surface area contributed by atoms with Gasteiger partial charge in [0.05, 0.1) is 5.56 Å². The lowest BCUT2D eigenvalue weighted by Gasteiger charge is -2.09. The first-order chi connectivity index (χ1) is 9.82. The number of nitrogens with zero attached hydrogens (tertiary/aromatic N) is 3. The van der Waals surface area contributed by atoms with Crippen LogP contribution in [-0.4, -0.2) is 5.24 Å². The summed E-state index contributed by atoms with van der Waals surface area (Å²) in [6, 6.07) is 5.21. The summed E-state index contributed by atoms with van der Waals surface area (Å²) in [7, 11) is 0. The summed E-state index contributed by atoms with van der Waals surface area (Å²) in [6.45, 7) is 0. The molecule has 0 atom stereocenters. The van der Waals surface area contributed by atoms with E-state index in [1.54, 1.807) is 0 Å². The van der Waals surface area contributed by atoms with Crippen molar-refractivity contribution < 1.29 is 22.4 Å². The van der Waals surface area contributed by atoms with Gasteiger partial charge in [0.2, 0.25) is 0 Å². The summed E-state index contributed by atoms with van der Waals surface area (Å²) in [5.74, 6) is -0.103. The molecule has 9 heteroatoms. The van der Waals surface area contributed by atoms with Crippen LogP contribution in [0.1, 0.15) is 16.1 Å². The predicted molar refractivity (Wildman–Crippen MR) is 68.1 cm³/mol. The maximum Gasteiger partial charge on any atom is 0.416 e. The van der Waals surface area contributed by atoms with Gasteiger partial charge in [-0.2, -0.15) is 13.2 Å². The van der Waals surface area contributed by atoms with E-state index in [9.17, 15) is 18.0 Å². The van der Waals surface area contributed by atoms with Crippen molar-refractivity contribution in [2.24, 2.45) is 5.11 Å². The SMILES string of the molecule is [N-]=[N+]=Nc1cc(C(F)(F)F)ccc1-c1ccc(C(=O)Cl)o1. The van der Waals surface area contributed by atoms with Gasteiger partial charge in [0.1, 0.15) is 5.76 Å². The Labute approximate surface area is 120 Å². The van der Waals surface area contributed by atoms with Crippen molar-refractivity contribution in [1.82, 2.24) is 0 Å². The molecule has 21 heavy (non-hydrogen) atoms. The average Bonchev–Trinajstić information content (AvgIpc) is 2.87. The topological polar surface area (TPSA) is 79.0 Å². The van der Waals surface area contributed by atoms with Crippen LogP contribution in [0.4, 0.5) is 18.9 Å². The number of carbonyl (C=O) groups is 1. The van der Waals surface area contributed by atoms with Gasteiger partial charge in [0, 0.05) is 16.2 Å². The average molecular weight is 316 g/mol. The Balaban J connectivity index is 2.57. The molecule has 0 fully saturated rings. The molecule has 0 amide bonds. The van der Waals surface area contributed by atoms with E-state index >= 15 is 0 Å². The number of rotatable bonds is 3. The summed E-state index contributed by atoms with van der Waals surface area (Å²) in [5.41, 5.74) is 7.33. The van der Waals surface area contributed by atoms with Crippen LogP contribution in [0.25, 0.3) is 21.8 Å². The van der Waals surface area contributed by atoms with Crippen LogP contribution < -0.4 is 0 Å². The van der Waals surface area contributed by atoms with Crippen molar-refractivity contribution >= 4 is 22.5 Å². The second kappa shape index (κ2) is 5.51. The molecule has 2 rings (SSSR count). The zero-order chi connectivity index (χ0) is 15.6. The highest BCUT2D eigenvalue weighted by Crippen LogP contribution is 2.38. The van der Waals surface area contributed by atoms with Gasteiger partial charge in [-0.15, -0.1) is 0 Å². The Morgan fingerprint density at radius 3 is 2.52 bits per heavy atom. The molecule has 0 saturated heterocycles. The number of halogens is 4. The molecule has 5 nitrogen and oxygen atoms in total. The minimum atomic E-state index is -4.57. The lowest BCUT2D eigenvalue weighted by molar-refractivity contribution is -0.137. The Kier molecular flexibility index (Phi) is 3.93. The summed E-state index contributed by atoms with van der Waals surface area (Å²) < 4.78 is 43.0. The fourth-order valence-electron chi connectivity index (χ4n) is 1.64. The molecule has 0 aliphatic heterocycles. The fourth-order valence-corrected chi connectivity index (χ4v) is 1.74.